The van der Waals surface area contributed by atoms with Gasteiger partial charge in [0.15, 0.2) is 6.61 Å². The number of rotatable bonds is 9. The average Bonchev–Trinajstić information content (AvgIpc) is 2.81. The quantitative estimate of drug-likeness (QED) is 0.440. The Bertz CT molecular complexity index is 1140. The maximum Gasteiger partial charge on any atom is 0.312 e. The Labute approximate surface area is 203 Å². The van der Waals surface area contributed by atoms with Gasteiger partial charge in [-0.05, 0) is 47.9 Å². The molecule has 0 aliphatic heterocycles. The van der Waals surface area contributed by atoms with Gasteiger partial charge in [-0.2, -0.15) is 0 Å². The molecule has 7 nitrogen and oxygen atoms in total. The lowest BCUT2D eigenvalue weighted by Crippen LogP contribution is -2.36. The Kier molecular flexibility index (Phi) is 8.65. The van der Waals surface area contributed by atoms with Crippen LogP contribution in [-0.2, 0) is 20.9 Å². The molecule has 0 saturated carbocycles. The number of ether oxygens (including phenoxy) is 1. The normalized spacial score (nSPS) is 11.4. The molecular weight excluding hydrogens is 454 g/mol. The lowest BCUT2D eigenvalue weighted by atomic mass is 10.0. The van der Waals surface area contributed by atoms with Gasteiger partial charge in [-0.15, -0.1) is 0 Å². The predicted octanol–water partition coefficient (Wildman–Crippen LogP) is 4.52. The van der Waals surface area contributed by atoms with E-state index in [0.29, 0.717) is 22.8 Å². The first-order chi connectivity index (χ1) is 16.3. The summed E-state index contributed by atoms with van der Waals surface area (Å²) in [6.45, 7) is 1.83. The molecule has 0 heterocycles. The maximum atomic E-state index is 13.1. The first kappa shape index (κ1) is 24.8. The molecule has 8 heteroatoms. The molecule has 0 radical (unpaired) electrons. The smallest absolute Gasteiger partial charge is 0.312 e. The van der Waals surface area contributed by atoms with Crippen molar-refractivity contribution >= 4 is 35.2 Å². The van der Waals surface area contributed by atoms with E-state index in [4.69, 9.17) is 22.1 Å². The van der Waals surface area contributed by atoms with E-state index in [-0.39, 0.29) is 12.3 Å². The van der Waals surface area contributed by atoms with E-state index in [1.54, 1.807) is 29.2 Å². The number of benzene rings is 3. The SMILES string of the molecule is Cc1cccc(N(Cc2ccccc2)C(=O)COC(=O)CC(NC(N)=O)c2ccc(Cl)cc2)c1. The predicted molar refractivity (Wildman–Crippen MR) is 131 cm³/mol. The second-order valence-corrected chi connectivity index (χ2v) is 8.22. The Morgan fingerprint density at radius 2 is 1.71 bits per heavy atom. The number of anilines is 1. The number of esters is 1. The summed E-state index contributed by atoms with van der Waals surface area (Å²) in [6.07, 6.45) is -0.193. The number of amides is 3. The van der Waals surface area contributed by atoms with E-state index in [1.807, 2.05) is 61.5 Å². The molecule has 3 aromatic rings. The van der Waals surface area contributed by atoms with Gasteiger partial charge in [0.05, 0.1) is 19.0 Å². The number of carbonyl (C=O) groups is 3. The summed E-state index contributed by atoms with van der Waals surface area (Å²) in [5.41, 5.74) is 8.55. The highest BCUT2D eigenvalue weighted by atomic mass is 35.5. The summed E-state index contributed by atoms with van der Waals surface area (Å²) in [6, 6.07) is 22.3. The fourth-order valence-electron chi connectivity index (χ4n) is 3.45. The number of nitrogens with one attached hydrogen (secondary N) is 1. The number of hydrogen-bond donors (Lipinski definition) is 2. The zero-order valence-electron chi connectivity index (χ0n) is 18.7. The third-order valence-electron chi connectivity index (χ3n) is 5.11. The van der Waals surface area contributed by atoms with Gasteiger partial charge < -0.3 is 20.7 Å². The van der Waals surface area contributed by atoms with Crippen LogP contribution in [0.15, 0.2) is 78.9 Å². The molecule has 0 aliphatic carbocycles. The second-order valence-electron chi connectivity index (χ2n) is 7.78. The fraction of sp³-hybridized carbons (Fsp3) is 0.192. The fourth-order valence-corrected chi connectivity index (χ4v) is 3.58. The number of aryl methyl sites for hydroxylation is 1. The van der Waals surface area contributed by atoms with Crippen LogP contribution in [0.5, 0.6) is 0 Å². The molecule has 0 aromatic heterocycles. The van der Waals surface area contributed by atoms with Crippen molar-refractivity contribution in [3.05, 3.63) is 101 Å². The van der Waals surface area contributed by atoms with Gasteiger partial charge in [0.2, 0.25) is 0 Å². The van der Waals surface area contributed by atoms with E-state index in [1.165, 1.54) is 0 Å². The Morgan fingerprint density at radius 1 is 1.00 bits per heavy atom. The number of nitrogens with zero attached hydrogens (tertiary/aromatic N) is 1. The molecule has 3 N–H and O–H groups in total. The van der Waals surface area contributed by atoms with Crippen LogP contribution in [0.2, 0.25) is 5.02 Å². The van der Waals surface area contributed by atoms with Crippen molar-refractivity contribution in [2.45, 2.75) is 25.9 Å². The van der Waals surface area contributed by atoms with Crippen molar-refractivity contribution in [1.29, 1.82) is 0 Å². The maximum absolute atomic E-state index is 13.1. The topological polar surface area (TPSA) is 102 Å². The van der Waals surface area contributed by atoms with Crippen LogP contribution in [0, 0.1) is 6.92 Å². The van der Waals surface area contributed by atoms with Crippen LogP contribution in [0.3, 0.4) is 0 Å². The van der Waals surface area contributed by atoms with Gasteiger partial charge in [-0.1, -0.05) is 66.2 Å². The van der Waals surface area contributed by atoms with Crippen molar-refractivity contribution in [1.82, 2.24) is 5.32 Å². The molecule has 1 atom stereocenters. The molecule has 1 unspecified atom stereocenters. The Balaban J connectivity index is 1.69. The number of primary amides is 1. The summed E-state index contributed by atoms with van der Waals surface area (Å²) < 4.78 is 5.28. The molecule has 34 heavy (non-hydrogen) atoms. The molecule has 0 fully saturated rings. The summed E-state index contributed by atoms with van der Waals surface area (Å²) in [5, 5.41) is 3.04. The monoisotopic (exact) mass is 479 g/mol. The van der Waals surface area contributed by atoms with Crippen molar-refractivity contribution in [3.63, 3.8) is 0 Å². The van der Waals surface area contributed by atoms with Crippen LogP contribution in [0.1, 0.15) is 29.2 Å². The van der Waals surface area contributed by atoms with Gasteiger partial charge in [-0.25, -0.2) is 4.79 Å². The highest BCUT2D eigenvalue weighted by Crippen LogP contribution is 2.21. The third-order valence-corrected chi connectivity index (χ3v) is 5.37. The van der Waals surface area contributed by atoms with E-state index in [9.17, 15) is 14.4 Å². The Morgan fingerprint density at radius 3 is 2.35 bits per heavy atom. The van der Waals surface area contributed by atoms with Crippen LogP contribution in [0.4, 0.5) is 10.5 Å². The van der Waals surface area contributed by atoms with E-state index >= 15 is 0 Å². The first-order valence-electron chi connectivity index (χ1n) is 10.7. The molecule has 3 aromatic carbocycles. The van der Waals surface area contributed by atoms with Gasteiger partial charge in [-0.3, -0.25) is 9.59 Å². The molecule has 3 amide bonds. The van der Waals surface area contributed by atoms with Crippen molar-refractivity contribution in [3.8, 4) is 0 Å². The zero-order chi connectivity index (χ0) is 24.5. The number of urea groups is 1. The van der Waals surface area contributed by atoms with Gasteiger partial charge in [0, 0.05) is 10.7 Å². The summed E-state index contributed by atoms with van der Waals surface area (Å²) in [7, 11) is 0. The molecule has 0 aliphatic rings. The van der Waals surface area contributed by atoms with Crippen molar-refractivity contribution in [2.75, 3.05) is 11.5 Å². The average molecular weight is 480 g/mol. The number of hydrogen-bond acceptors (Lipinski definition) is 4. The van der Waals surface area contributed by atoms with E-state index < -0.39 is 24.6 Å². The van der Waals surface area contributed by atoms with Crippen LogP contribution in [-0.4, -0.2) is 24.5 Å². The molecular formula is C26H26ClN3O4. The van der Waals surface area contributed by atoms with Gasteiger partial charge >= 0.3 is 12.0 Å². The van der Waals surface area contributed by atoms with Crippen molar-refractivity contribution < 1.29 is 19.1 Å². The highest BCUT2D eigenvalue weighted by Gasteiger charge is 2.22. The van der Waals surface area contributed by atoms with E-state index in [2.05, 4.69) is 5.32 Å². The van der Waals surface area contributed by atoms with Crippen molar-refractivity contribution in [2.24, 2.45) is 5.73 Å². The standard InChI is InChI=1S/C26H26ClN3O4/c1-18-6-5-9-22(14-18)30(16-19-7-3-2-4-8-19)24(31)17-34-25(32)15-23(29-26(28)33)20-10-12-21(27)13-11-20/h2-14,23H,15-17H2,1H3,(H3,28,29,33). The second kappa shape index (κ2) is 11.9. The summed E-state index contributed by atoms with van der Waals surface area (Å²) >= 11 is 5.91. The zero-order valence-corrected chi connectivity index (χ0v) is 19.5. The molecule has 3 rings (SSSR count). The van der Waals surface area contributed by atoms with Gasteiger partial charge in [0.1, 0.15) is 0 Å². The number of carbonyl (C=O) groups excluding carboxylic acids is 3. The van der Waals surface area contributed by atoms with Crippen LogP contribution < -0.4 is 16.0 Å². The Hall–Kier alpha value is -3.84. The third kappa shape index (κ3) is 7.35. The lowest BCUT2D eigenvalue weighted by Gasteiger charge is -2.24. The molecule has 0 spiro atoms. The highest BCUT2D eigenvalue weighted by molar-refractivity contribution is 6.30. The number of halogens is 1. The lowest BCUT2D eigenvalue weighted by molar-refractivity contribution is -0.148. The van der Waals surface area contributed by atoms with Crippen LogP contribution in [0.25, 0.3) is 0 Å². The summed E-state index contributed by atoms with van der Waals surface area (Å²) in [4.78, 5) is 38.6. The molecule has 0 bridgehead atoms. The number of nitrogens with two attached hydrogens (primary N) is 1. The van der Waals surface area contributed by atoms with Gasteiger partial charge in [0.25, 0.3) is 5.91 Å². The first-order valence-corrected chi connectivity index (χ1v) is 11.1. The van der Waals surface area contributed by atoms with Crippen LogP contribution >= 0.6 is 11.6 Å². The largest absolute Gasteiger partial charge is 0.455 e. The molecule has 176 valence electrons. The van der Waals surface area contributed by atoms with E-state index in [0.717, 1.165) is 11.1 Å². The minimum Gasteiger partial charge on any atom is -0.455 e. The minimum atomic E-state index is -0.780. The minimum absolute atomic E-state index is 0.193. The summed E-state index contributed by atoms with van der Waals surface area (Å²) in [5.74, 6) is -1.01. The molecule has 0 saturated heterocycles.